The Kier molecular flexibility index (Phi) is 10.7. The maximum atomic E-state index is 14.1. The van der Waals surface area contributed by atoms with Gasteiger partial charge in [-0.2, -0.15) is 0 Å². The number of benzene rings is 3. The van der Waals surface area contributed by atoms with Crippen LogP contribution < -0.4 is 14.4 Å². The molecule has 0 aliphatic rings. The van der Waals surface area contributed by atoms with Crippen LogP contribution in [0.3, 0.4) is 0 Å². The molecule has 8 nitrogen and oxygen atoms in total. The van der Waals surface area contributed by atoms with E-state index < -0.39 is 28.5 Å². The summed E-state index contributed by atoms with van der Waals surface area (Å²) in [7, 11) is -2.63. The summed E-state index contributed by atoms with van der Waals surface area (Å²) < 4.78 is 34.1. The molecule has 3 aromatic rings. The molecule has 0 fully saturated rings. The van der Waals surface area contributed by atoms with Crippen LogP contribution in [0.25, 0.3) is 0 Å². The molecule has 40 heavy (non-hydrogen) atoms. The number of sulfonamides is 1. The number of hydrogen-bond acceptors (Lipinski definition) is 5. The monoisotopic (exact) mass is 565 g/mol. The second-order valence-corrected chi connectivity index (χ2v) is 11.6. The quantitative estimate of drug-likeness (QED) is 0.320. The fraction of sp³-hybridized carbons (Fsp3) is 0.355. The van der Waals surface area contributed by atoms with E-state index in [1.807, 2.05) is 52.0 Å². The minimum absolute atomic E-state index is 0.0274. The molecule has 214 valence electrons. The Morgan fingerprint density at radius 2 is 1.60 bits per heavy atom. The highest BCUT2D eigenvalue weighted by atomic mass is 32.2. The Bertz CT molecular complexity index is 1390. The van der Waals surface area contributed by atoms with E-state index >= 15 is 0 Å². The normalized spacial score (nSPS) is 11.9. The van der Waals surface area contributed by atoms with Crippen LogP contribution in [0.4, 0.5) is 5.69 Å². The molecule has 9 heteroatoms. The first-order valence-corrected chi connectivity index (χ1v) is 14.9. The highest BCUT2D eigenvalue weighted by molar-refractivity contribution is 7.92. The SMILES string of the molecule is CCCNC(=O)C(CC)N(Cc1cccc(C)c1)C(=O)CN(c1ccc(C)cc1)S(=O)(=O)c1ccc(OC)cc1. The molecule has 1 N–H and O–H groups in total. The lowest BCUT2D eigenvalue weighted by Crippen LogP contribution is -2.52. The van der Waals surface area contributed by atoms with Crippen molar-refractivity contribution in [2.45, 2.75) is 58.0 Å². The van der Waals surface area contributed by atoms with Crippen LogP contribution in [0, 0.1) is 13.8 Å². The van der Waals surface area contributed by atoms with Crippen LogP contribution in [0.5, 0.6) is 5.75 Å². The highest BCUT2D eigenvalue weighted by Gasteiger charge is 2.33. The summed E-state index contributed by atoms with van der Waals surface area (Å²) in [6.45, 7) is 7.86. The summed E-state index contributed by atoms with van der Waals surface area (Å²) in [5, 5.41) is 2.90. The zero-order valence-corrected chi connectivity index (χ0v) is 24.7. The first-order chi connectivity index (χ1) is 19.1. The topological polar surface area (TPSA) is 96.0 Å². The van der Waals surface area contributed by atoms with E-state index in [4.69, 9.17) is 4.74 Å². The Hall–Kier alpha value is -3.85. The molecule has 0 spiro atoms. The summed E-state index contributed by atoms with van der Waals surface area (Å²) in [5.74, 6) is -0.215. The maximum absolute atomic E-state index is 14.1. The molecule has 0 aliphatic heterocycles. The van der Waals surface area contributed by atoms with E-state index in [1.54, 1.807) is 36.4 Å². The highest BCUT2D eigenvalue weighted by Crippen LogP contribution is 2.26. The smallest absolute Gasteiger partial charge is 0.264 e. The van der Waals surface area contributed by atoms with Crippen molar-refractivity contribution in [3.05, 3.63) is 89.5 Å². The van der Waals surface area contributed by atoms with E-state index in [9.17, 15) is 18.0 Å². The van der Waals surface area contributed by atoms with Gasteiger partial charge in [0.05, 0.1) is 17.7 Å². The first kappa shape index (κ1) is 30.7. The molecule has 3 aromatic carbocycles. The van der Waals surface area contributed by atoms with Crippen molar-refractivity contribution in [3.8, 4) is 5.75 Å². The van der Waals surface area contributed by atoms with Crippen molar-refractivity contribution < 1.29 is 22.7 Å². The lowest BCUT2D eigenvalue weighted by molar-refractivity contribution is -0.140. The van der Waals surface area contributed by atoms with Gasteiger partial charge in [0, 0.05) is 13.1 Å². The van der Waals surface area contributed by atoms with Crippen molar-refractivity contribution in [2.75, 3.05) is 24.5 Å². The molecule has 2 amide bonds. The van der Waals surface area contributed by atoms with E-state index in [-0.39, 0.29) is 17.3 Å². The predicted molar refractivity (Wildman–Crippen MR) is 158 cm³/mol. The van der Waals surface area contributed by atoms with Crippen molar-refractivity contribution in [3.63, 3.8) is 0 Å². The van der Waals surface area contributed by atoms with E-state index in [0.29, 0.717) is 24.4 Å². The summed E-state index contributed by atoms with van der Waals surface area (Å²) >= 11 is 0. The van der Waals surface area contributed by atoms with Crippen LogP contribution in [0.1, 0.15) is 43.4 Å². The van der Waals surface area contributed by atoms with Crippen LogP contribution in [-0.2, 0) is 26.2 Å². The molecule has 0 aliphatic carbocycles. The van der Waals surface area contributed by atoms with Crippen LogP contribution in [0.15, 0.2) is 77.7 Å². The number of methoxy groups -OCH3 is 1. The largest absolute Gasteiger partial charge is 0.497 e. The predicted octanol–water partition coefficient (Wildman–Crippen LogP) is 4.84. The van der Waals surface area contributed by atoms with Gasteiger partial charge in [-0.05, 0) is 68.7 Å². The summed E-state index contributed by atoms with van der Waals surface area (Å²) in [6.07, 6.45) is 1.14. The molecule has 0 saturated carbocycles. The number of anilines is 1. The molecule has 0 saturated heterocycles. The number of nitrogens with one attached hydrogen (secondary N) is 1. The fourth-order valence-corrected chi connectivity index (χ4v) is 5.82. The average molecular weight is 566 g/mol. The third-order valence-corrected chi connectivity index (χ3v) is 8.41. The Morgan fingerprint density at radius 1 is 0.925 bits per heavy atom. The van der Waals surface area contributed by atoms with Gasteiger partial charge in [0.2, 0.25) is 11.8 Å². The molecule has 0 heterocycles. The molecular weight excluding hydrogens is 526 g/mol. The van der Waals surface area contributed by atoms with E-state index in [2.05, 4.69) is 5.32 Å². The maximum Gasteiger partial charge on any atom is 0.264 e. The van der Waals surface area contributed by atoms with Gasteiger partial charge in [-0.1, -0.05) is 61.4 Å². The molecule has 0 bridgehead atoms. The van der Waals surface area contributed by atoms with Crippen LogP contribution >= 0.6 is 0 Å². The number of hydrogen-bond donors (Lipinski definition) is 1. The Morgan fingerprint density at radius 3 is 2.17 bits per heavy atom. The summed E-state index contributed by atoms with van der Waals surface area (Å²) in [4.78, 5) is 28.7. The molecule has 0 aromatic heterocycles. The average Bonchev–Trinajstić information content (AvgIpc) is 2.95. The fourth-order valence-electron chi connectivity index (χ4n) is 4.41. The lowest BCUT2D eigenvalue weighted by atomic mass is 10.1. The van der Waals surface area contributed by atoms with Gasteiger partial charge in [-0.25, -0.2) is 8.42 Å². The van der Waals surface area contributed by atoms with Crippen molar-refractivity contribution >= 4 is 27.5 Å². The van der Waals surface area contributed by atoms with Crippen molar-refractivity contribution in [1.82, 2.24) is 10.2 Å². The zero-order chi connectivity index (χ0) is 29.3. The molecule has 0 radical (unpaired) electrons. The van der Waals surface area contributed by atoms with Gasteiger partial charge in [0.25, 0.3) is 10.0 Å². The van der Waals surface area contributed by atoms with Crippen LogP contribution in [-0.4, -0.2) is 51.4 Å². The van der Waals surface area contributed by atoms with Gasteiger partial charge in [-0.15, -0.1) is 0 Å². The Balaban J connectivity index is 2.04. The zero-order valence-electron chi connectivity index (χ0n) is 23.9. The number of ether oxygens (including phenoxy) is 1. The number of aryl methyl sites for hydroxylation is 2. The number of amides is 2. The second kappa shape index (κ2) is 14.0. The first-order valence-electron chi connectivity index (χ1n) is 13.5. The van der Waals surface area contributed by atoms with Gasteiger partial charge < -0.3 is 15.0 Å². The van der Waals surface area contributed by atoms with Gasteiger partial charge >= 0.3 is 0 Å². The minimum Gasteiger partial charge on any atom is -0.497 e. The third-order valence-electron chi connectivity index (χ3n) is 6.62. The van der Waals surface area contributed by atoms with Crippen molar-refractivity contribution in [2.24, 2.45) is 0 Å². The Labute approximate surface area is 238 Å². The van der Waals surface area contributed by atoms with Crippen LogP contribution in [0.2, 0.25) is 0 Å². The van der Waals surface area contributed by atoms with E-state index in [1.165, 1.54) is 24.1 Å². The molecule has 1 atom stereocenters. The minimum atomic E-state index is -4.14. The van der Waals surface area contributed by atoms with Gasteiger partial charge in [0.15, 0.2) is 0 Å². The summed E-state index contributed by atoms with van der Waals surface area (Å²) in [6, 6.07) is 20.0. The second-order valence-electron chi connectivity index (χ2n) is 9.75. The van der Waals surface area contributed by atoms with Crippen molar-refractivity contribution in [1.29, 1.82) is 0 Å². The number of carbonyl (C=O) groups is 2. The molecule has 1 unspecified atom stereocenters. The van der Waals surface area contributed by atoms with Gasteiger partial charge in [-0.3, -0.25) is 13.9 Å². The number of nitrogens with zero attached hydrogens (tertiary/aromatic N) is 2. The number of rotatable bonds is 13. The molecular formula is C31H39N3O5S. The van der Waals surface area contributed by atoms with E-state index in [0.717, 1.165) is 27.4 Å². The molecule has 3 rings (SSSR count). The lowest BCUT2D eigenvalue weighted by Gasteiger charge is -2.33. The third kappa shape index (κ3) is 7.63. The standard InChI is InChI=1S/C31H39N3O5S/c1-6-19-32-31(36)29(7-2)33(21-25-10-8-9-24(4)20-25)30(35)22-34(26-13-11-23(3)12-14-26)40(37,38)28-17-15-27(39-5)16-18-28/h8-18,20,29H,6-7,19,21-22H2,1-5H3,(H,32,36). The summed E-state index contributed by atoms with van der Waals surface area (Å²) in [5.41, 5.74) is 3.19. The number of carbonyl (C=O) groups excluding carboxylic acids is 2. The van der Waals surface area contributed by atoms with Gasteiger partial charge in [0.1, 0.15) is 18.3 Å².